The van der Waals surface area contributed by atoms with Crippen LogP contribution in [0.25, 0.3) is 0 Å². The first-order chi connectivity index (χ1) is 8.24. The molecule has 2 nitrogen and oxygen atoms in total. The maximum atomic E-state index is 4.51. The molecule has 1 aromatic carbocycles. The molecule has 0 N–H and O–H groups in total. The molecule has 0 aliphatic heterocycles. The van der Waals surface area contributed by atoms with Gasteiger partial charge in [-0.3, -0.25) is 9.88 Å². The van der Waals surface area contributed by atoms with Crippen molar-refractivity contribution in [1.82, 2.24) is 9.88 Å². The number of aromatic nitrogens is 1. The number of hydrogen-bond acceptors (Lipinski definition) is 2. The fourth-order valence-electron chi connectivity index (χ4n) is 1.92. The number of benzene rings is 1. The Bertz CT molecular complexity index is 465. The van der Waals surface area contributed by atoms with Crippen molar-refractivity contribution in [3.8, 4) is 0 Å². The van der Waals surface area contributed by atoms with Crippen LogP contribution >= 0.6 is 0 Å². The second-order valence-corrected chi connectivity index (χ2v) is 4.43. The van der Waals surface area contributed by atoms with Gasteiger partial charge in [0.15, 0.2) is 0 Å². The highest BCUT2D eigenvalue weighted by Crippen LogP contribution is 2.06. The molecule has 0 bridgehead atoms. The zero-order valence-corrected chi connectivity index (χ0v) is 10.4. The molecule has 0 radical (unpaired) electrons. The van der Waals surface area contributed by atoms with Gasteiger partial charge >= 0.3 is 0 Å². The first kappa shape index (κ1) is 11.8. The molecule has 0 aliphatic rings. The highest BCUT2D eigenvalue weighted by molar-refractivity contribution is 5.15. The van der Waals surface area contributed by atoms with E-state index in [2.05, 4.69) is 53.3 Å². The molecule has 0 aliphatic carbocycles. The van der Waals surface area contributed by atoms with Gasteiger partial charge in [-0.05, 0) is 31.7 Å². The van der Waals surface area contributed by atoms with Crippen molar-refractivity contribution in [2.75, 3.05) is 7.05 Å². The van der Waals surface area contributed by atoms with E-state index in [1.807, 2.05) is 19.1 Å². The van der Waals surface area contributed by atoms with Gasteiger partial charge in [-0.15, -0.1) is 0 Å². The second-order valence-electron chi connectivity index (χ2n) is 4.43. The summed E-state index contributed by atoms with van der Waals surface area (Å²) in [5.41, 5.74) is 3.54. The van der Waals surface area contributed by atoms with E-state index in [0.29, 0.717) is 0 Å². The molecule has 0 atom stereocenters. The van der Waals surface area contributed by atoms with E-state index in [4.69, 9.17) is 0 Å². The monoisotopic (exact) mass is 226 g/mol. The quantitative estimate of drug-likeness (QED) is 0.796. The Kier molecular flexibility index (Phi) is 3.89. The van der Waals surface area contributed by atoms with Crippen molar-refractivity contribution in [2.45, 2.75) is 20.0 Å². The zero-order chi connectivity index (χ0) is 12.1. The summed E-state index contributed by atoms with van der Waals surface area (Å²) in [6.45, 7) is 3.87. The van der Waals surface area contributed by atoms with Crippen molar-refractivity contribution in [3.63, 3.8) is 0 Å². The number of hydrogen-bond donors (Lipinski definition) is 0. The predicted molar refractivity (Wildman–Crippen MR) is 70.6 cm³/mol. The molecule has 0 spiro atoms. The average molecular weight is 226 g/mol. The summed E-state index contributed by atoms with van der Waals surface area (Å²) < 4.78 is 0. The maximum absolute atomic E-state index is 4.51. The van der Waals surface area contributed by atoms with Gasteiger partial charge in [-0.2, -0.15) is 0 Å². The van der Waals surface area contributed by atoms with Crippen LogP contribution in [0.15, 0.2) is 48.5 Å². The summed E-state index contributed by atoms with van der Waals surface area (Å²) in [7, 11) is 2.12. The van der Waals surface area contributed by atoms with Crippen LogP contribution in [0.2, 0.25) is 0 Å². The number of aryl methyl sites for hydroxylation is 1. The first-order valence-electron chi connectivity index (χ1n) is 5.89. The summed E-state index contributed by atoms with van der Waals surface area (Å²) in [5.74, 6) is 0. The Morgan fingerprint density at radius 2 is 1.71 bits per heavy atom. The number of nitrogens with zero attached hydrogens (tertiary/aromatic N) is 2. The van der Waals surface area contributed by atoms with Gasteiger partial charge in [0.05, 0.1) is 5.69 Å². The minimum atomic E-state index is 0.885. The van der Waals surface area contributed by atoms with Crippen LogP contribution in [0.3, 0.4) is 0 Å². The van der Waals surface area contributed by atoms with Crippen molar-refractivity contribution in [2.24, 2.45) is 0 Å². The highest BCUT2D eigenvalue weighted by atomic mass is 15.1. The lowest BCUT2D eigenvalue weighted by Crippen LogP contribution is -2.18. The molecule has 88 valence electrons. The number of pyridine rings is 1. The largest absolute Gasteiger partial charge is 0.296 e. The standard InChI is InChI=1S/C15H18N2/c1-13-7-6-10-15(16-13)12-17(2)11-14-8-4-3-5-9-14/h3-10H,11-12H2,1-2H3. The van der Waals surface area contributed by atoms with E-state index in [0.717, 1.165) is 24.5 Å². The van der Waals surface area contributed by atoms with Crippen molar-refractivity contribution in [1.29, 1.82) is 0 Å². The molecule has 2 heteroatoms. The van der Waals surface area contributed by atoms with E-state index >= 15 is 0 Å². The van der Waals surface area contributed by atoms with Gasteiger partial charge in [-0.1, -0.05) is 36.4 Å². The van der Waals surface area contributed by atoms with Crippen molar-refractivity contribution < 1.29 is 0 Å². The third kappa shape index (κ3) is 3.68. The molecule has 0 fully saturated rings. The lowest BCUT2D eigenvalue weighted by Gasteiger charge is -2.16. The van der Waals surface area contributed by atoms with Gasteiger partial charge in [0, 0.05) is 18.8 Å². The SMILES string of the molecule is Cc1cccc(CN(C)Cc2ccccc2)n1. The molecule has 0 saturated heterocycles. The molecular weight excluding hydrogens is 208 g/mol. The summed E-state index contributed by atoms with van der Waals surface area (Å²) in [6.07, 6.45) is 0. The molecule has 1 heterocycles. The summed E-state index contributed by atoms with van der Waals surface area (Å²) in [4.78, 5) is 6.79. The van der Waals surface area contributed by atoms with E-state index in [1.165, 1.54) is 5.56 Å². The normalized spacial score (nSPS) is 10.8. The minimum Gasteiger partial charge on any atom is -0.296 e. The Labute approximate surface area is 103 Å². The Balaban J connectivity index is 1.96. The average Bonchev–Trinajstić information content (AvgIpc) is 2.30. The minimum absolute atomic E-state index is 0.885. The zero-order valence-electron chi connectivity index (χ0n) is 10.4. The van der Waals surface area contributed by atoms with E-state index in [1.54, 1.807) is 0 Å². The van der Waals surface area contributed by atoms with Gasteiger partial charge in [0.1, 0.15) is 0 Å². The molecule has 0 saturated carbocycles. The Hall–Kier alpha value is -1.67. The molecule has 1 aromatic heterocycles. The topological polar surface area (TPSA) is 16.1 Å². The second kappa shape index (κ2) is 5.60. The molecule has 2 rings (SSSR count). The smallest absolute Gasteiger partial charge is 0.0547 e. The van der Waals surface area contributed by atoms with Crippen LogP contribution < -0.4 is 0 Å². The third-order valence-corrected chi connectivity index (χ3v) is 2.67. The van der Waals surface area contributed by atoms with Gasteiger partial charge in [0.25, 0.3) is 0 Å². The first-order valence-corrected chi connectivity index (χ1v) is 5.89. The van der Waals surface area contributed by atoms with Crippen LogP contribution in [0, 0.1) is 6.92 Å². The predicted octanol–water partition coefficient (Wildman–Crippen LogP) is 3.02. The van der Waals surface area contributed by atoms with E-state index in [-0.39, 0.29) is 0 Å². The van der Waals surface area contributed by atoms with E-state index in [9.17, 15) is 0 Å². The maximum Gasteiger partial charge on any atom is 0.0547 e. The van der Waals surface area contributed by atoms with Crippen molar-refractivity contribution >= 4 is 0 Å². The summed E-state index contributed by atoms with van der Waals surface area (Å²) in [5, 5.41) is 0. The van der Waals surface area contributed by atoms with E-state index < -0.39 is 0 Å². The molecule has 2 aromatic rings. The van der Waals surface area contributed by atoms with Gasteiger partial charge in [0.2, 0.25) is 0 Å². The van der Waals surface area contributed by atoms with Crippen LogP contribution in [0.5, 0.6) is 0 Å². The van der Waals surface area contributed by atoms with Crippen molar-refractivity contribution in [3.05, 3.63) is 65.5 Å². The van der Waals surface area contributed by atoms with Gasteiger partial charge < -0.3 is 0 Å². The third-order valence-electron chi connectivity index (χ3n) is 2.67. The van der Waals surface area contributed by atoms with Crippen LogP contribution in [-0.4, -0.2) is 16.9 Å². The Morgan fingerprint density at radius 1 is 0.941 bits per heavy atom. The number of rotatable bonds is 4. The summed E-state index contributed by atoms with van der Waals surface area (Å²) in [6, 6.07) is 16.7. The van der Waals surface area contributed by atoms with Gasteiger partial charge in [-0.25, -0.2) is 0 Å². The summed E-state index contributed by atoms with van der Waals surface area (Å²) >= 11 is 0. The van der Waals surface area contributed by atoms with Crippen LogP contribution in [0.1, 0.15) is 17.0 Å². The molecule has 0 amide bonds. The molecular formula is C15H18N2. The molecule has 17 heavy (non-hydrogen) atoms. The highest BCUT2D eigenvalue weighted by Gasteiger charge is 2.02. The fourth-order valence-corrected chi connectivity index (χ4v) is 1.92. The lowest BCUT2D eigenvalue weighted by atomic mass is 10.2. The fraction of sp³-hybridized carbons (Fsp3) is 0.267. The Morgan fingerprint density at radius 3 is 2.41 bits per heavy atom. The van der Waals surface area contributed by atoms with Crippen LogP contribution in [0.4, 0.5) is 0 Å². The molecule has 0 unspecified atom stereocenters. The van der Waals surface area contributed by atoms with Crippen LogP contribution in [-0.2, 0) is 13.1 Å². The lowest BCUT2D eigenvalue weighted by molar-refractivity contribution is 0.315.